The molecule has 0 aliphatic heterocycles. The number of nitrogens with zero attached hydrogens (tertiary/aromatic N) is 2. The molecule has 0 fully saturated rings. The van der Waals surface area contributed by atoms with Crippen LogP contribution >= 0.6 is 0 Å². The molecule has 3 N–H and O–H groups in total. The molecule has 0 aliphatic rings. The quantitative estimate of drug-likeness (QED) is 0.343. The lowest BCUT2D eigenvalue weighted by atomic mass is 10.1. The van der Waals surface area contributed by atoms with Gasteiger partial charge in [0.2, 0.25) is 0 Å². The average Bonchev–Trinajstić information content (AvgIpc) is 2.36. The molecule has 1 rings (SSSR count). The summed E-state index contributed by atoms with van der Waals surface area (Å²) < 4.78 is 5.64. The average molecular weight is 237 g/mol. The first-order chi connectivity index (χ1) is 8.19. The Bertz CT molecular complexity index is 380. The maximum atomic E-state index is 8.66. The Morgan fingerprint density at radius 2 is 2.41 bits per heavy atom. The number of rotatable bonds is 6. The van der Waals surface area contributed by atoms with Crippen LogP contribution in [0.2, 0.25) is 0 Å². The molecular formula is C12H19N3O2. The van der Waals surface area contributed by atoms with E-state index in [2.05, 4.69) is 24.0 Å². The lowest BCUT2D eigenvalue weighted by molar-refractivity contribution is 0.250. The molecule has 0 aromatic carbocycles. The molecular weight excluding hydrogens is 218 g/mol. The highest BCUT2D eigenvalue weighted by atomic mass is 16.5. The van der Waals surface area contributed by atoms with Crippen LogP contribution in [0.1, 0.15) is 32.3 Å². The van der Waals surface area contributed by atoms with E-state index < -0.39 is 0 Å². The number of hydrogen-bond acceptors (Lipinski definition) is 4. The van der Waals surface area contributed by atoms with Crippen molar-refractivity contribution in [1.29, 1.82) is 0 Å². The maximum Gasteiger partial charge on any atom is 0.173 e. The second-order valence-corrected chi connectivity index (χ2v) is 4.06. The third kappa shape index (κ3) is 3.94. The lowest BCUT2D eigenvalue weighted by Gasteiger charge is -2.13. The molecule has 94 valence electrons. The summed E-state index contributed by atoms with van der Waals surface area (Å²) in [4.78, 5) is 3.97. The summed E-state index contributed by atoms with van der Waals surface area (Å²) in [7, 11) is 0. The summed E-state index contributed by atoms with van der Waals surface area (Å²) in [5, 5.41) is 11.6. The van der Waals surface area contributed by atoms with Crippen molar-refractivity contribution in [2.75, 3.05) is 6.61 Å². The molecule has 1 heterocycles. The largest absolute Gasteiger partial charge is 0.491 e. The van der Waals surface area contributed by atoms with E-state index >= 15 is 0 Å². The normalized spacial score (nSPS) is 13.4. The number of oxime groups is 1. The predicted octanol–water partition coefficient (Wildman–Crippen LogP) is 1.99. The van der Waals surface area contributed by atoms with Gasteiger partial charge in [-0.15, -0.1) is 0 Å². The second-order valence-electron chi connectivity index (χ2n) is 4.06. The summed E-state index contributed by atoms with van der Waals surface area (Å²) in [6, 6.07) is 1.66. The lowest BCUT2D eigenvalue weighted by Crippen LogP contribution is -2.16. The van der Waals surface area contributed by atoms with Crippen LogP contribution in [-0.2, 0) is 0 Å². The number of ether oxygens (including phenoxy) is 1. The highest BCUT2D eigenvalue weighted by Crippen LogP contribution is 2.17. The topological polar surface area (TPSA) is 80.7 Å². The molecule has 5 nitrogen and oxygen atoms in total. The van der Waals surface area contributed by atoms with Gasteiger partial charge in [0.25, 0.3) is 0 Å². The predicted molar refractivity (Wildman–Crippen MR) is 66.3 cm³/mol. The first-order valence-corrected chi connectivity index (χ1v) is 5.73. The van der Waals surface area contributed by atoms with Crippen molar-refractivity contribution in [3.8, 4) is 5.75 Å². The number of amidine groups is 1. The molecule has 5 heteroatoms. The number of aromatic nitrogens is 1. The molecule has 1 unspecified atom stereocenters. The molecule has 1 atom stereocenters. The minimum absolute atomic E-state index is 0.0329. The molecule has 0 radical (unpaired) electrons. The van der Waals surface area contributed by atoms with Crippen LogP contribution in [0.4, 0.5) is 0 Å². The van der Waals surface area contributed by atoms with Crippen LogP contribution in [0.25, 0.3) is 0 Å². The van der Waals surface area contributed by atoms with Crippen molar-refractivity contribution in [2.45, 2.75) is 26.7 Å². The van der Waals surface area contributed by atoms with Crippen LogP contribution in [0.5, 0.6) is 5.75 Å². The Labute approximate surface area is 101 Å². The third-order valence-corrected chi connectivity index (χ3v) is 2.47. The van der Waals surface area contributed by atoms with E-state index in [1.54, 1.807) is 18.5 Å². The number of hydrogen-bond donors (Lipinski definition) is 2. The van der Waals surface area contributed by atoms with Crippen molar-refractivity contribution in [2.24, 2.45) is 16.8 Å². The van der Waals surface area contributed by atoms with Crippen LogP contribution in [0.3, 0.4) is 0 Å². The van der Waals surface area contributed by atoms with E-state index in [9.17, 15) is 0 Å². The third-order valence-electron chi connectivity index (χ3n) is 2.47. The van der Waals surface area contributed by atoms with Gasteiger partial charge in [-0.2, -0.15) is 0 Å². The Hall–Kier alpha value is -1.78. The van der Waals surface area contributed by atoms with E-state index in [0.717, 1.165) is 12.8 Å². The minimum Gasteiger partial charge on any atom is -0.491 e. The van der Waals surface area contributed by atoms with Gasteiger partial charge in [-0.25, -0.2) is 0 Å². The molecule has 1 aromatic heterocycles. The molecule has 0 saturated carbocycles. The number of nitrogens with two attached hydrogens (primary N) is 1. The molecule has 1 aromatic rings. The van der Waals surface area contributed by atoms with Crippen LogP contribution < -0.4 is 10.5 Å². The van der Waals surface area contributed by atoms with Gasteiger partial charge in [0, 0.05) is 6.20 Å². The van der Waals surface area contributed by atoms with Crippen molar-refractivity contribution in [3.63, 3.8) is 0 Å². The van der Waals surface area contributed by atoms with Gasteiger partial charge in [0.1, 0.15) is 5.75 Å². The van der Waals surface area contributed by atoms with Gasteiger partial charge in [0.15, 0.2) is 5.84 Å². The SMILES string of the molecule is CCCC(C)COc1cnccc1/C(N)=N/O. The molecule has 0 bridgehead atoms. The fraction of sp³-hybridized carbons (Fsp3) is 0.500. The molecule has 0 aliphatic carbocycles. The van der Waals surface area contributed by atoms with E-state index in [1.165, 1.54) is 0 Å². The standard InChI is InChI=1S/C12H19N3O2/c1-3-4-9(2)8-17-11-7-14-6-5-10(11)12(13)15-16/h5-7,9,16H,3-4,8H2,1-2H3,(H2,13,15). The van der Waals surface area contributed by atoms with Crippen molar-refractivity contribution in [1.82, 2.24) is 4.98 Å². The Morgan fingerprint density at radius 1 is 1.65 bits per heavy atom. The summed E-state index contributed by atoms with van der Waals surface area (Å²) in [5.41, 5.74) is 6.11. The fourth-order valence-electron chi connectivity index (χ4n) is 1.57. The molecule has 0 spiro atoms. The smallest absolute Gasteiger partial charge is 0.173 e. The van der Waals surface area contributed by atoms with Gasteiger partial charge < -0.3 is 15.7 Å². The fourth-order valence-corrected chi connectivity index (χ4v) is 1.57. The Kier molecular flexibility index (Phi) is 5.26. The summed E-state index contributed by atoms with van der Waals surface area (Å²) in [5.74, 6) is 1.05. The van der Waals surface area contributed by atoms with Crippen molar-refractivity contribution < 1.29 is 9.94 Å². The summed E-state index contributed by atoms with van der Waals surface area (Å²) in [6.07, 6.45) is 5.39. The van der Waals surface area contributed by atoms with Gasteiger partial charge >= 0.3 is 0 Å². The van der Waals surface area contributed by atoms with E-state index in [4.69, 9.17) is 15.7 Å². The monoisotopic (exact) mass is 237 g/mol. The second kappa shape index (κ2) is 6.73. The highest BCUT2D eigenvalue weighted by Gasteiger charge is 2.09. The molecule has 0 amide bonds. The zero-order chi connectivity index (χ0) is 12.7. The zero-order valence-corrected chi connectivity index (χ0v) is 10.3. The summed E-state index contributed by atoms with van der Waals surface area (Å²) >= 11 is 0. The van der Waals surface area contributed by atoms with Gasteiger partial charge in [-0.1, -0.05) is 25.4 Å². The Morgan fingerprint density at radius 3 is 3.06 bits per heavy atom. The maximum absolute atomic E-state index is 8.66. The zero-order valence-electron chi connectivity index (χ0n) is 10.3. The van der Waals surface area contributed by atoms with E-state index in [0.29, 0.717) is 23.8 Å². The van der Waals surface area contributed by atoms with Crippen LogP contribution in [-0.4, -0.2) is 22.6 Å². The first kappa shape index (κ1) is 13.3. The highest BCUT2D eigenvalue weighted by molar-refractivity contribution is 5.99. The number of pyridine rings is 1. The van der Waals surface area contributed by atoms with E-state index in [1.807, 2.05) is 0 Å². The van der Waals surface area contributed by atoms with Gasteiger partial charge in [0.05, 0.1) is 18.4 Å². The van der Waals surface area contributed by atoms with Crippen LogP contribution in [0, 0.1) is 5.92 Å². The minimum atomic E-state index is 0.0329. The summed E-state index contributed by atoms with van der Waals surface area (Å²) in [6.45, 7) is 4.87. The molecule has 17 heavy (non-hydrogen) atoms. The Balaban J connectivity index is 2.71. The molecule has 0 saturated heterocycles. The van der Waals surface area contributed by atoms with Crippen molar-refractivity contribution in [3.05, 3.63) is 24.0 Å². The van der Waals surface area contributed by atoms with Crippen molar-refractivity contribution >= 4 is 5.84 Å². The van der Waals surface area contributed by atoms with E-state index in [-0.39, 0.29) is 5.84 Å². The van der Waals surface area contributed by atoms with Crippen LogP contribution in [0.15, 0.2) is 23.6 Å². The van der Waals surface area contributed by atoms with Gasteiger partial charge in [-0.05, 0) is 18.4 Å². The first-order valence-electron chi connectivity index (χ1n) is 5.73. The van der Waals surface area contributed by atoms with Gasteiger partial charge in [-0.3, -0.25) is 4.98 Å².